The Labute approximate surface area is 86.8 Å². The number of ether oxygens (including phenoxy) is 1. The van der Waals surface area contributed by atoms with Crippen LogP contribution in [0.5, 0.6) is 0 Å². The van der Waals surface area contributed by atoms with Crippen LogP contribution in [0.1, 0.15) is 13.8 Å². The van der Waals surface area contributed by atoms with Crippen LogP contribution in [-0.4, -0.2) is 6.07 Å². The van der Waals surface area contributed by atoms with Crippen molar-refractivity contribution in [3.8, 4) is 0 Å². The van der Waals surface area contributed by atoms with E-state index in [2.05, 4.69) is 0 Å². The van der Waals surface area contributed by atoms with Crippen LogP contribution in [0.2, 0.25) is 0 Å². The largest absolute Gasteiger partial charge is 0.485 e. The molecule has 2 nitrogen and oxygen atoms in total. The van der Waals surface area contributed by atoms with Crippen molar-refractivity contribution in [1.29, 1.82) is 0 Å². The number of rotatable bonds is 4. The van der Waals surface area contributed by atoms with Gasteiger partial charge in [-0.05, 0) is 28.4 Å². The molecule has 0 amide bonds. The van der Waals surface area contributed by atoms with Gasteiger partial charge < -0.3 is 4.74 Å². The lowest BCUT2D eigenvalue weighted by atomic mass is 10.2. The fourth-order valence-electron chi connectivity index (χ4n) is 0.615. The van der Waals surface area contributed by atoms with Crippen molar-refractivity contribution >= 4 is 39.9 Å². The average Bonchev–Trinajstić information content (AvgIpc) is 1.84. The lowest BCUT2D eigenvalue weighted by Gasteiger charge is -2.11. The van der Waals surface area contributed by atoms with Crippen LogP contribution in [0.15, 0.2) is 11.6 Å². The standard InChI is InChI=1S/C6H10Cl3O2P/c1-5(2)6(3-11-4-7)12(8,9)10/h3,5H,4H2,1-2H3. The van der Waals surface area contributed by atoms with Crippen molar-refractivity contribution < 1.29 is 9.30 Å². The third-order valence-electron chi connectivity index (χ3n) is 1.16. The molecule has 0 aliphatic heterocycles. The highest BCUT2D eigenvalue weighted by molar-refractivity contribution is 8.11. The summed E-state index contributed by atoms with van der Waals surface area (Å²) in [4.78, 5) is 0. The zero-order valence-electron chi connectivity index (χ0n) is 6.76. The van der Waals surface area contributed by atoms with Gasteiger partial charge in [0.25, 0.3) is 5.85 Å². The number of allylic oxidation sites excluding steroid dienone is 1. The van der Waals surface area contributed by atoms with E-state index in [1.54, 1.807) is 0 Å². The van der Waals surface area contributed by atoms with Crippen LogP contribution in [0.25, 0.3) is 0 Å². The molecule has 72 valence electrons. The number of alkyl halides is 1. The second-order valence-electron chi connectivity index (χ2n) is 2.44. The molecule has 0 aliphatic carbocycles. The quantitative estimate of drug-likeness (QED) is 0.421. The minimum absolute atomic E-state index is 0.00992. The summed E-state index contributed by atoms with van der Waals surface area (Å²) < 4.78 is 15.9. The smallest absolute Gasteiger partial charge is 0.281 e. The Morgan fingerprint density at radius 3 is 2.33 bits per heavy atom. The molecule has 12 heavy (non-hydrogen) atoms. The molecule has 0 radical (unpaired) electrons. The molecular formula is C6H10Cl3O2P. The first-order valence-corrected chi connectivity index (χ1v) is 7.32. The van der Waals surface area contributed by atoms with Crippen LogP contribution < -0.4 is 0 Å². The Morgan fingerprint density at radius 1 is 1.58 bits per heavy atom. The minimum atomic E-state index is -3.24. The molecule has 0 fully saturated rings. The third kappa shape index (κ3) is 4.61. The van der Waals surface area contributed by atoms with Crippen LogP contribution >= 0.6 is 39.9 Å². The molecule has 0 spiro atoms. The highest BCUT2D eigenvalue weighted by Crippen LogP contribution is 2.65. The molecule has 0 saturated heterocycles. The Hall–Kier alpha value is 0.640. The predicted octanol–water partition coefficient (Wildman–Crippen LogP) is 4.37. The van der Waals surface area contributed by atoms with E-state index in [0.29, 0.717) is 5.31 Å². The van der Waals surface area contributed by atoms with Crippen molar-refractivity contribution in [3.63, 3.8) is 0 Å². The minimum Gasteiger partial charge on any atom is -0.485 e. The van der Waals surface area contributed by atoms with E-state index in [4.69, 9.17) is 38.8 Å². The van der Waals surface area contributed by atoms with Gasteiger partial charge >= 0.3 is 0 Å². The summed E-state index contributed by atoms with van der Waals surface area (Å²) in [7, 11) is 0. The molecule has 0 aliphatic rings. The summed E-state index contributed by atoms with van der Waals surface area (Å²) >= 11 is 16.2. The maximum Gasteiger partial charge on any atom is 0.281 e. The van der Waals surface area contributed by atoms with E-state index in [-0.39, 0.29) is 12.0 Å². The van der Waals surface area contributed by atoms with Gasteiger partial charge in [0.1, 0.15) is 0 Å². The average molecular weight is 251 g/mol. The molecule has 0 heterocycles. The van der Waals surface area contributed by atoms with E-state index >= 15 is 0 Å². The Bertz CT molecular complexity index is 209. The van der Waals surface area contributed by atoms with Crippen molar-refractivity contribution in [2.45, 2.75) is 13.8 Å². The van der Waals surface area contributed by atoms with E-state index in [1.165, 1.54) is 6.26 Å². The van der Waals surface area contributed by atoms with Crippen molar-refractivity contribution in [2.75, 3.05) is 6.07 Å². The normalized spacial score (nSPS) is 13.7. The zero-order chi connectivity index (χ0) is 9.78. The van der Waals surface area contributed by atoms with E-state index in [0.717, 1.165) is 0 Å². The zero-order valence-corrected chi connectivity index (χ0v) is 9.92. The fourth-order valence-corrected chi connectivity index (χ4v) is 2.89. The summed E-state index contributed by atoms with van der Waals surface area (Å²) in [6, 6.07) is -0.00992. The topological polar surface area (TPSA) is 26.3 Å². The fraction of sp³-hybridized carbons (Fsp3) is 0.667. The summed E-state index contributed by atoms with van der Waals surface area (Å²) in [5.41, 5.74) is 0. The lowest BCUT2D eigenvalue weighted by molar-refractivity contribution is 0.308. The highest BCUT2D eigenvalue weighted by atomic mass is 35.9. The molecule has 0 rings (SSSR count). The molecule has 0 N–H and O–H groups in total. The maximum atomic E-state index is 11.2. The van der Waals surface area contributed by atoms with Crippen LogP contribution in [-0.2, 0) is 9.30 Å². The van der Waals surface area contributed by atoms with Gasteiger partial charge in [-0.3, -0.25) is 4.57 Å². The third-order valence-corrected chi connectivity index (χ3v) is 3.68. The van der Waals surface area contributed by atoms with E-state index < -0.39 is 5.85 Å². The first-order chi connectivity index (χ1) is 5.39. The summed E-state index contributed by atoms with van der Waals surface area (Å²) in [5, 5.41) is 0.381. The first-order valence-electron chi connectivity index (χ1n) is 3.27. The molecule has 0 saturated carbocycles. The number of hydrogen-bond acceptors (Lipinski definition) is 2. The Balaban J connectivity index is 4.56. The van der Waals surface area contributed by atoms with Crippen LogP contribution in [0.3, 0.4) is 0 Å². The molecule has 0 aromatic carbocycles. The van der Waals surface area contributed by atoms with Crippen molar-refractivity contribution in [1.82, 2.24) is 0 Å². The molecule has 0 aromatic heterocycles. The molecule has 0 unspecified atom stereocenters. The van der Waals surface area contributed by atoms with Gasteiger partial charge in [0.05, 0.1) is 11.6 Å². The lowest BCUT2D eigenvalue weighted by Crippen LogP contribution is -1.91. The number of halogens is 3. The van der Waals surface area contributed by atoms with Gasteiger partial charge in [-0.25, -0.2) is 0 Å². The molecule has 0 aromatic rings. The van der Waals surface area contributed by atoms with Gasteiger partial charge in [0.15, 0.2) is 6.07 Å². The highest BCUT2D eigenvalue weighted by Gasteiger charge is 2.24. The van der Waals surface area contributed by atoms with Gasteiger partial charge in [0, 0.05) is 0 Å². The SMILES string of the molecule is CC(C)C(=COCCl)P(=O)(Cl)Cl. The monoisotopic (exact) mass is 250 g/mol. The summed E-state index contributed by atoms with van der Waals surface area (Å²) in [5.74, 6) is -3.26. The molecule has 0 atom stereocenters. The molecule has 0 bridgehead atoms. The van der Waals surface area contributed by atoms with Crippen molar-refractivity contribution in [3.05, 3.63) is 11.6 Å². The van der Waals surface area contributed by atoms with Crippen LogP contribution in [0, 0.1) is 5.92 Å². The first kappa shape index (κ1) is 12.6. The summed E-state index contributed by atoms with van der Waals surface area (Å²) in [6.07, 6.45) is 1.26. The van der Waals surface area contributed by atoms with Gasteiger partial charge in [-0.1, -0.05) is 25.4 Å². The van der Waals surface area contributed by atoms with Gasteiger partial charge in [-0.2, -0.15) is 0 Å². The van der Waals surface area contributed by atoms with Crippen molar-refractivity contribution in [2.24, 2.45) is 5.92 Å². The summed E-state index contributed by atoms with van der Waals surface area (Å²) in [6.45, 7) is 3.64. The Morgan fingerprint density at radius 2 is 2.08 bits per heavy atom. The molecule has 6 heteroatoms. The number of hydrogen-bond donors (Lipinski definition) is 0. The van der Waals surface area contributed by atoms with Gasteiger partial charge in [0.2, 0.25) is 0 Å². The predicted molar refractivity (Wildman–Crippen MR) is 54.0 cm³/mol. The van der Waals surface area contributed by atoms with E-state index in [9.17, 15) is 4.57 Å². The molecular weight excluding hydrogens is 241 g/mol. The second kappa shape index (κ2) is 5.39. The second-order valence-corrected chi connectivity index (χ2v) is 7.47. The van der Waals surface area contributed by atoms with E-state index in [1.807, 2.05) is 13.8 Å². The van der Waals surface area contributed by atoms with Gasteiger partial charge in [-0.15, -0.1) is 0 Å². The van der Waals surface area contributed by atoms with Crippen LogP contribution in [0.4, 0.5) is 0 Å². The Kier molecular flexibility index (Phi) is 5.67. The maximum absolute atomic E-state index is 11.2.